The number of sulfonamides is 1. The number of likely N-dealkylation sites (tertiary alicyclic amines) is 1. The molecule has 1 fully saturated rings. The number of carbonyl (C=O) groups excluding carboxylic acids is 1. The first-order valence-electron chi connectivity index (χ1n) is 7.72. The SMILES string of the molecule is CCOc1ncccc1C(=O)N1CCCC(CNS(C)(=O)=O)C1. The van der Waals surface area contributed by atoms with Crippen molar-refractivity contribution in [3.05, 3.63) is 23.9 Å². The number of nitrogens with one attached hydrogen (secondary N) is 1. The van der Waals surface area contributed by atoms with Crippen LogP contribution < -0.4 is 9.46 Å². The minimum Gasteiger partial charge on any atom is -0.477 e. The minimum absolute atomic E-state index is 0.120. The molecule has 1 saturated heterocycles. The number of amides is 1. The number of ether oxygens (including phenoxy) is 1. The molecule has 1 N–H and O–H groups in total. The van der Waals surface area contributed by atoms with Crippen LogP contribution in [-0.4, -0.2) is 56.7 Å². The molecule has 128 valence electrons. The van der Waals surface area contributed by atoms with E-state index in [2.05, 4.69) is 9.71 Å². The second-order valence-electron chi connectivity index (χ2n) is 5.67. The van der Waals surface area contributed by atoms with Crippen LogP contribution in [0.2, 0.25) is 0 Å². The molecular weight excluding hydrogens is 318 g/mol. The van der Waals surface area contributed by atoms with Crippen LogP contribution in [0.15, 0.2) is 18.3 Å². The zero-order chi connectivity index (χ0) is 16.9. The molecule has 0 radical (unpaired) electrons. The van der Waals surface area contributed by atoms with Crippen LogP contribution in [0, 0.1) is 5.92 Å². The Morgan fingerprint density at radius 2 is 2.30 bits per heavy atom. The molecule has 0 spiro atoms. The zero-order valence-corrected chi connectivity index (χ0v) is 14.3. The number of pyridine rings is 1. The van der Waals surface area contributed by atoms with Gasteiger partial charge in [-0.1, -0.05) is 0 Å². The van der Waals surface area contributed by atoms with Crippen LogP contribution >= 0.6 is 0 Å². The van der Waals surface area contributed by atoms with Gasteiger partial charge < -0.3 is 9.64 Å². The fraction of sp³-hybridized carbons (Fsp3) is 0.600. The van der Waals surface area contributed by atoms with Crippen LogP contribution in [0.4, 0.5) is 0 Å². The lowest BCUT2D eigenvalue weighted by Crippen LogP contribution is -2.43. The van der Waals surface area contributed by atoms with Crippen molar-refractivity contribution in [2.45, 2.75) is 19.8 Å². The molecule has 0 aromatic carbocycles. The molecule has 8 heteroatoms. The average molecular weight is 341 g/mol. The van der Waals surface area contributed by atoms with E-state index in [4.69, 9.17) is 4.74 Å². The topological polar surface area (TPSA) is 88.6 Å². The van der Waals surface area contributed by atoms with Crippen molar-refractivity contribution in [2.24, 2.45) is 5.92 Å². The van der Waals surface area contributed by atoms with E-state index in [9.17, 15) is 13.2 Å². The molecule has 0 bridgehead atoms. The summed E-state index contributed by atoms with van der Waals surface area (Å²) in [6, 6.07) is 3.42. The molecule has 0 aliphatic carbocycles. The molecule has 2 heterocycles. The third kappa shape index (κ3) is 5.18. The van der Waals surface area contributed by atoms with E-state index in [-0.39, 0.29) is 11.8 Å². The molecule has 1 amide bonds. The van der Waals surface area contributed by atoms with Crippen molar-refractivity contribution in [1.82, 2.24) is 14.6 Å². The Balaban J connectivity index is 2.05. The predicted octanol–water partition coefficient (Wildman–Crippen LogP) is 0.882. The molecule has 1 aromatic rings. The number of carbonyl (C=O) groups is 1. The zero-order valence-electron chi connectivity index (χ0n) is 13.5. The van der Waals surface area contributed by atoms with Crippen molar-refractivity contribution >= 4 is 15.9 Å². The number of hydrogen-bond donors (Lipinski definition) is 1. The Kier molecular flexibility index (Phi) is 5.95. The van der Waals surface area contributed by atoms with E-state index >= 15 is 0 Å². The molecular formula is C15H23N3O4S. The van der Waals surface area contributed by atoms with E-state index in [1.807, 2.05) is 6.92 Å². The smallest absolute Gasteiger partial charge is 0.259 e. The van der Waals surface area contributed by atoms with Crippen molar-refractivity contribution in [3.63, 3.8) is 0 Å². The van der Waals surface area contributed by atoms with Gasteiger partial charge in [-0.2, -0.15) is 0 Å². The number of nitrogens with zero attached hydrogens (tertiary/aromatic N) is 2. The van der Waals surface area contributed by atoms with E-state index in [1.54, 1.807) is 23.2 Å². The highest BCUT2D eigenvalue weighted by atomic mass is 32.2. The highest BCUT2D eigenvalue weighted by Gasteiger charge is 2.27. The monoisotopic (exact) mass is 341 g/mol. The van der Waals surface area contributed by atoms with E-state index in [0.717, 1.165) is 19.1 Å². The largest absolute Gasteiger partial charge is 0.477 e. The third-order valence-corrected chi connectivity index (χ3v) is 4.41. The molecule has 1 unspecified atom stereocenters. The minimum atomic E-state index is -3.21. The maximum absolute atomic E-state index is 12.7. The average Bonchev–Trinajstić information content (AvgIpc) is 2.53. The second kappa shape index (κ2) is 7.74. The van der Waals surface area contributed by atoms with Crippen LogP contribution in [0.3, 0.4) is 0 Å². The van der Waals surface area contributed by atoms with Crippen molar-refractivity contribution in [1.29, 1.82) is 0 Å². The second-order valence-corrected chi connectivity index (χ2v) is 7.50. The fourth-order valence-corrected chi connectivity index (χ4v) is 3.20. The molecule has 1 aliphatic heterocycles. The quantitative estimate of drug-likeness (QED) is 0.830. The summed E-state index contributed by atoms with van der Waals surface area (Å²) in [6.07, 6.45) is 4.49. The van der Waals surface area contributed by atoms with E-state index < -0.39 is 10.0 Å². The molecule has 23 heavy (non-hydrogen) atoms. The Bertz CT molecular complexity index is 648. The van der Waals surface area contributed by atoms with E-state index in [0.29, 0.717) is 37.7 Å². The summed E-state index contributed by atoms with van der Waals surface area (Å²) in [6.45, 7) is 3.83. The molecule has 2 rings (SSSR count). The molecule has 1 atom stereocenters. The number of piperidine rings is 1. The summed E-state index contributed by atoms with van der Waals surface area (Å²) in [5, 5.41) is 0. The maximum atomic E-state index is 12.7. The number of rotatable bonds is 6. The normalized spacial score (nSPS) is 18.7. The summed E-state index contributed by atoms with van der Waals surface area (Å²) in [4.78, 5) is 18.6. The number of aromatic nitrogens is 1. The van der Waals surface area contributed by atoms with Gasteiger partial charge in [0.25, 0.3) is 5.91 Å². The van der Waals surface area contributed by atoms with Crippen LogP contribution in [0.1, 0.15) is 30.1 Å². The van der Waals surface area contributed by atoms with Gasteiger partial charge in [0.15, 0.2) is 0 Å². The Morgan fingerprint density at radius 1 is 1.52 bits per heavy atom. The highest BCUT2D eigenvalue weighted by Crippen LogP contribution is 2.22. The van der Waals surface area contributed by atoms with Crippen LogP contribution in [0.25, 0.3) is 0 Å². The Hall–Kier alpha value is -1.67. The number of hydrogen-bond acceptors (Lipinski definition) is 5. The molecule has 1 aliphatic rings. The van der Waals surface area contributed by atoms with Gasteiger partial charge in [-0.05, 0) is 37.8 Å². The summed E-state index contributed by atoms with van der Waals surface area (Å²) in [5.74, 6) is 0.344. The lowest BCUT2D eigenvalue weighted by molar-refractivity contribution is 0.0671. The van der Waals surface area contributed by atoms with Gasteiger partial charge in [-0.3, -0.25) is 4.79 Å². The first kappa shape index (κ1) is 17.7. The highest BCUT2D eigenvalue weighted by molar-refractivity contribution is 7.88. The summed E-state index contributed by atoms with van der Waals surface area (Å²) >= 11 is 0. The van der Waals surface area contributed by atoms with Gasteiger partial charge in [-0.15, -0.1) is 0 Å². The lowest BCUT2D eigenvalue weighted by Gasteiger charge is -2.33. The standard InChI is InChI=1S/C15H23N3O4S/c1-3-22-14-13(7-4-8-16-14)15(19)18-9-5-6-12(11-18)10-17-23(2,20)21/h4,7-8,12,17H,3,5-6,9-11H2,1-2H3. The van der Waals surface area contributed by atoms with E-state index in [1.165, 1.54) is 0 Å². The molecule has 1 aromatic heterocycles. The van der Waals surface area contributed by atoms with Gasteiger partial charge >= 0.3 is 0 Å². The first-order valence-corrected chi connectivity index (χ1v) is 9.61. The summed E-state index contributed by atoms with van der Waals surface area (Å²) in [7, 11) is -3.21. The Morgan fingerprint density at radius 3 is 3.00 bits per heavy atom. The van der Waals surface area contributed by atoms with Gasteiger partial charge in [0, 0.05) is 25.8 Å². The van der Waals surface area contributed by atoms with Gasteiger partial charge in [0.1, 0.15) is 5.56 Å². The molecule has 0 saturated carbocycles. The summed E-state index contributed by atoms with van der Waals surface area (Å²) < 4.78 is 30.4. The third-order valence-electron chi connectivity index (χ3n) is 3.72. The Labute approximate surface area is 137 Å². The first-order chi connectivity index (χ1) is 10.9. The van der Waals surface area contributed by atoms with Crippen molar-refractivity contribution in [3.8, 4) is 5.88 Å². The van der Waals surface area contributed by atoms with Crippen molar-refractivity contribution in [2.75, 3.05) is 32.5 Å². The fourth-order valence-electron chi connectivity index (χ4n) is 2.66. The van der Waals surface area contributed by atoms with Gasteiger partial charge in [0.2, 0.25) is 15.9 Å². The molecule has 7 nitrogen and oxygen atoms in total. The summed E-state index contributed by atoms with van der Waals surface area (Å²) in [5.41, 5.74) is 0.450. The van der Waals surface area contributed by atoms with Crippen LogP contribution in [0.5, 0.6) is 5.88 Å². The van der Waals surface area contributed by atoms with Crippen molar-refractivity contribution < 1.29 is 17.9 Å². The predicted molar refractivity (Wildman–Crippen MR) is 86.9 cm³/mol. The van der Waals surface area contributed by atoms with Gasteiger partial charge in [0.05, 0.1) is 12.9 Å². The maximum Gasteiger partial charge on any atom is 0.259 e. The lowest BCUT2D eigenvalue weighted by atomic mass is 9.98. The van der Waals surface area contributed by atoms with Crippen LogP contribution in [-0.2, 0) is 10.0 Å². The van der Waals surface area contributed by atoms with Gasteiger partial charge in [-0.25, -0.2) is 18.1 Å².